The first-order chi connectivity index (χ1) is 7.07. The molecule has 88 valence electrons. The lowest BCUT2D eigenvalue weighted by Crippen LogP contribution is -2.44. The van der Waals surface area contributed by atoms with E-state index in [2.05, 4.69) is 12.2 Å². The van der Waals surface area contributed by atoms with Crippen LogP contribution in [0.15, 0.2) is 0 Å². The van der Waals surface area contributed by atoms with E-state index in [1.165, 1.54) is 32.1 Å². The highest BCUT2D eigenvalue weighted by Crippen LogP contribution is 2.34. The minimum absolute atomic E-state index is 0.00398. The average molecular weight is 212 g/mol. The third-order valence-electron chi connectivity index (χ3n) is 3.53. The maximum Gasteiger partial charge on any atom is 0.236 e. The van der Waals surface area contributed by atoms with Crippen molar-refractivity contribution in [1.82, 2.24) is 5.32 Å². The molecular formula is C12H24N2O. The van der Waals surface area contributed by atoms with E-state index in [0.717, 1.165) is 6.54 Å². The molecule has 0 spiro atoms. The van der Waals surface area contributed by atoms with E-state index in [4.69, 9.17) is 5.73 Å². The van der Waals surface area contributed by atoms with Crippen LogP contribution in [0, 0.1) is 5.41 Å². The summed E-state index contributed by atoms with van der Waals surface area (Å²) < 4.78 is 0. The molecule has 0 radical (unpaired) electrons. The zero-order chi connectivity index (χ0) is 11.3. The highest BCUT2D eigenvalue weighted by atomic mass is 16.2. The number of hydrogen-bond donors (Lipinski definition) is 2. The molecule has 0 aliphatic heterocycles. The second-order valence-electron chi connectivity index (χ2n) is 5.10. The molecule has 0 aromatic rings. The number of carbonyl (C=O) groups is 1. The van der Waals surface area contributed by atoms with Crippen LogP contribution in [0.3, 0.4) is 0 Å². The normalized spacial score (nSPS) is 22.1. The first kappa shape index (κ1) is 12.5. The molecule has 1 rings (SSSR count). The van der Waals surface area contributed by atoms with Gasteiger partial charge in [-0.25, -0.2) is 0 Å². The molecule has 1 saturated carbocycles. The largest absolute Gasteiger partial charge is 0.354 e. The van der Waals surface area contributed by atoms with E-state index < -0.39 is 0 Å². The van der Waals surface area contributed by atoms with Gasteiger partial charge in [0.25, 0.3) is 0 Å². The number of nitrogens with two attached hydrogens (primary N) is 1. The molecule has 0 aromatic heterocycles. The number of carbonyl (C=O) groups excluding carboxylic acids is 1. The first-order valence-corrected chi connectivity index (χ1v) is 6.11. The fourth-order valence-corrected chi connectivity index (χ4v) is 2.20. The van der Waals surface area contributed by atoms with Crippen LogP contribution in [0.1, 0.15) is 52.4 Å². The highest BCUT2D eigenvalue weighted by Gasteiger charge is 2.27. The Morgan fingerprint density at radius 2 is 2.00 bits per heavy atom. The topological polar surface area (TPSA) is 55.1 Å². The Labute approximate surface area is 92.8 Å². The van der Waals surface area contributed by atoms with Crippen molar-refractivity contribution in [2.75, 3.05) is 6.54 Å². The molecule has 3 N–H and O–H groups in total. The quantitative estimate of drug-likeness (QED) is 0.746. The molecule has 0 bridgehead atoms. The van der Waals surface area contributed by atoms with Crippen LogP contribution in [-0.4, -0.2) is 18.5 Å². The van der Waals surface area contributed by atoms with Crippen molar-refractivity contribution >= 4 is 5.91 Å². The van der Waals surface area contributed by atoms with Gasteiger partial charge in [0, 0.05) is 6.54 Å². The van der Waals surface area contributed by atoms with Gasteiger partial charge in [0.05, 0.1) is 6.04 Å². The predicted molar refractivity (Wildman–Crippen MR) is 62.5 cm³/mol. The van der Waals surface area contributed by atoms with E-state index in [9.17, 15) is 4.79 Å². The third-order valence-corrected chi connectivity index (χ3v) is 3.53. The van der Waals surface area contributed by atoms with Gasteiger partial charge in [0.2, 0.25) is 5.91 Å². The molecule has 0 saturated heterocycles. The molecular weight excluding hydrogens is 188 g/mol. The summed E-state index contributed by atoms with van der Waals surface area (Å²) in [6, 6.07) is -0.336. The van der Waals surface area contributed by atoms with Gasteiger partial charge in [-0.05, 0) is 24.7 Å². The molecule has 0 unspecified atom stereocenters. The zero-order valence-electron chi connectivity index (χ0n) is 10.0. The number of hydrogen-bond acceptors (Lipinski definition) is 2. The summed E-state index contributed by atoms with van der Waals surface area (Å²) in [6.07, 6.45) is 7.11. The summed E-state index contributed by atoms with van der Waals surface area (Å²) >= 11 is 0. The maximum atomic E-state index is 11.5. The van der Waals surface area contributed by atoms with Crippen LogP contribution >= 0.6 is 0 Å². The first-order valence-electron chi connectivity index (χ1n) is 6.11. The Kier molecular flexibility index (Phi) is 4.58. The molecule has 1 aliphatic carbocycles. The van der Waals surface area contributed by atoms with E-state index >= 15 is 0 Å². The van der Waals surface area contributed by atoms with E-state index in [0.29, 0.717) is 11.8 Å². The molecule has 1 fully saturated rings. The van der Waals surface area contributed by atoms with Crippen LogP contribution in [-0.2, 0) is 4.79 Å². The Balaban J connectivity index is 2.31. The third kappa shape index (κ3) is 3.82. The zero-order valence-corrected chi connectivity index (χ0v) is 10.0. The summed E-state index contributed by atoms with van der Waals surface area (Å²) in [5.41, 5.74) is 5.97. The average Bonchev–Trinajstić information content (AvgIpc) is 2.26. The maximum absolute atomic E-state index is 11.5. The van der Waals surface area contributed by atoms with Gasteiger partial charge in [-0.1, -0.05) is 33.1 Å². The van der Waals surface area contributed by atoms with Crippen molar-refractivity contribution < 1.29 is 4.79 Å². The van der Waals surface area contributed by atoms with Crippen molar-refractivity contribution in [3.8, 4) is 0 Å². The van der Waals surface area contributed by atoms with Crippen molar-refractivity contribution in [3.63, 3.8) is 0 Å². The number of amides is 1. The molecule has 3 nitrogen and oxygen atoms in total. The molecule has 0 heterocycles. The lowest BCUT2D eigenvalue weighted by Gasteiger charge is -2.33. The van der Waals surface area contributed by atoms with Gasteiger partial charge in [-0.15, -0.1) is 0 Å². The fourth-order valence-electron chi connectivity index (χ4n) is 2.20. The summed E-state index contributed by atoms with van der Waals surface area (Å²) in [5.74, 6) is 0.00398. The Bertz CT molecular complexity index is 210. The molecule has 1 atom stereocenters. The van der Waals surface area contributed by atoms with Gasteiger partial charge >= 0.3 is 0 Å². The predicted octanol–water partition coefficient (Wildman–Crippen LogP) is 1.81. The van der Waals surface area contributed by atoms with E-state index in [1.807, 2.05) is 6.92 Å². The van der Waals surface area contributed by atoms with Crippen LogP contribution < -0.4 is 11.1 Å². The summed E-state index contributed by atoms with van der Waals surface area (Å²) in [4.78, 5) is 11.5. The standard InChI is InChI=1S/C12H24N2O/c1-3-10(13)11(15)14-9-12(2)7-5-4-6-8-12/h10H,3-9,13H2,1-2H3,(H,14,15)/t10-/m1/s1. The van der Waals surface area contributed by atoms with Crippen LogP contribution in [0.4, 0.5) is 0 Å². The van der Waals surface area contributed by atoms with Gasteiger partial charge in [0.15, 0.2) is 0 Å². The van der Waals surface area contributed by atoms with Crippen LogP contribution in [0.25, 0.3) is 0 Å². The molecule has 15 heavy (non-hydrogen) atoms. The fraction of sp³-hybridized carbons (Fsp3) is 0.917. The van der Waals surface area contributed by atoms with Gasteiger partial charge < -0.3 is 11.1 Å². The summed E-state index contributed by atoms with van der Waals surface area (Å²) in [6.45, 7) is 5.00. The minimum Gasteiger partial charge on any atom is -0.354 e. The van der Waals surface area contributed by atoms with Crippen molar-refractivity contribution in [1.29, 1.82) is 0 Å². The summed E-state index contributed by atoms with van der Waals surface area (Å²) in [5, 5.41) is 2.98. The molecule has 1 aliphatic rings. The van der Waals surface area contributed by atoms with Gasteiger partial charge in [-0.2, -0.15) is 0 Å². The van der Waals surface area contributed by atoms with Crippen LogP contribution in [0.5, 0.6) is 0 Å². The van der Waals surface area contributed by atoms with Crippen molar-refractivity contribution in [2.45, 2.75) is 58.4 Å². The Hall–Kier alpha value is -0.570. The smallest absolute Gasteiger partial charge is 0.236 e. The molecule has 0 aromatic carbocycles. The second-order valence-corrected chi connectivity index (χ2v) is 5.10. The van der Waals surface area contributed by atoms with Crippen molar-refractivity contribution in [2.24, 2.45) is 11.1 Å². The monoisotopic (exact) mass is 212 g/mol. The lowest BCUT2D eigenvalue weighted by atomic mass is 9.76. The minimum atomic E-state index is -0.336. The molecule has 1 amide bonds. The number of rotatable bonds is 4. The molecule has 3 heteroatoms. The Morgan fingerprint density at radius 3 is 2.53 bits per heavy atom. The van der Waals surface area contributed by atoms with Crippen molar-refractivity contribution in [3.05, 3.63) is 0 Å². The van der Waals surface area contributed by atoms with Gasteiger partial charge in [-0.3, -0.25) is 4.79 Å². The van der Waals surface area contributed by atoms with E-state index in [1.54, 1.807) is 0 Å². The second kappa shape index (κ2) is 5.50. The summed E-state index contributed by atoms with van der Waals surface area (Å²) in [7, 11) is 0. The highest BCUT2D eigenvalue weighted by molar-refractivity contribution is 5.81. The van der Waals surface area contributed by atoms with Gasteiger partial charge in [0.1, 0.15) is 0 Å². The lowest BCUT2D eigenvalue weighted by molar-refractivity contribution is -0.123. The van der Waals surface area contributed by atoms with E-state index in [-0.39, 0.29) is 11.9 Å². The SMILES string of the molecule is CC[C@@H](N)C(=O)NCC1(C)CCCCC1. The number of nitrogens with one attached hydrogen (secondary N) is 1. The Morgan fingerprint density at radius 1 is 1.40 bits per heavy atom. The van der Waals surface area contributed by atoms with Crippen LogP contribution in [0.2, 0.25) is 0 Å².